The average Bonchev–Trinajstić information content (AvgIpc) is 2.45. The zero-order valence-electron chi connectivity index (χ0n) is 11.1. The molecule has 21 heavy (non-hydrogen) atoms. The van der Waals surface area contributed by atoms with Gasteiger partial charge in [-0.3, -0.25) is 0 Å². The number of benzene rings is 2. The van der Waals surface area contributed by atoms with E-state index in [1.807, 2.05) is 6.92 Å². The summed E-state index contributed by atoms with van der Waals surface area (Å²) in [6.07, 6.45) is 0. The smallest absolute Gasteiger partial charge is 0.194 e. The number of hydrogen-bond acceptors (Lipinski definition) is 1. The molecule has 2 aromatic rings. The summed E-state index contributed by atoms with van der Waals surface area (Å²) >= 11 is 11.8. The first-order valence-electron chi connectivity index (χ1n) is 6.26. The number of nitrogens with one attached hydrogen (secondary N) is 1. The van der Waals surface area contributed by atoms with Gasteiger partial charge in [0.2, 0.25) is 0 Å². The Labute approximate surface area is 130 Å². The van der Waals surface area contributed by atoms with Gasteiger partial charge in [-0.2, -0.15) is 0 Å². The van der Waals surface area contributed by atoms with Crippen LogP contribution >= 0.6 is 23.2 Å². The molecule has 0 saturated carbocycles. The Balaban J connectivity index is 2.50. The Morgan fingerprint density at radius 2 is 1.57 bits per heavy atom. The summed E-state index contributed by atoms with van der Waals surface area (Å²) in [5.41, 5.74) is 0.947. The third-order valence-corrected chi connectivity index (χ3v) is 3.76. The summed E-state index contributed by atoms with van der Waals surface area (Å²) in [5, 5.41) is 3.79. The van der Waals surface area contributed by atoms with Crippen molar-refractivity contribution in [2.24, 2.45) is 0 Å². The van der Waals surface area contributed by atoms with Gasteiger partial charge in [-0.25, -0.2) is 13.2 Å². The fourth-order valence-electron chi connectivity index (χ4n) is 2.07. The largest absolute Gasteiger partial charge is 0.307 e. The molecule has 0 aliphatic carbocycles. The predicted octanol–water partition coefficient (Wildman–Crippen LogP) is 5.11. The van der Waals surface area contributed by atoms with Crippen molar-refractivity contribution < 1.29 is 13.2 Å². The quantitative estimate of drug-likeness (QED) is 0.766. The number of halogens is 5. The lowest BCUT2D eigenvalue weighted by molar-refractivity contribution is 0.442. The molecule has 1 atom stereocenters. The lowest BCUT2D eigenvalue weighted by atomic mass is 9.98. The molecule has 1 N–H and O–H groups in total. The third kappa shape index (κ3) is 3.51. The molecular weight excluding hydrogens is 322 g/mol. The molecule has 0 spiro atoms. The summed E-state index contributed by atoms with van der Waals surface area (Å²) < 4.78 is 39.9. The maximum Gasteiger partial charge on any atom is 0.194 e. The Bertz CT molecular complexity index is 638. The molecule has 0 saturated heterocycles. The summed E-state index contributed by atoms with van der Waals surface area (Å²) in [6.45, 7) is 2.40. The van der Waals surface area contributed by atoms with Crippen molar-refractivity contribution in [1.29, 1.82) is 0 Å². The molecule has 0 aromatic heterocycles. The van der Waals surface area contributed by atoms with E-state index in [9.17, 15) is 13.2 Å². The van der Waals surface area contributed by atoms with Crippen molar-refractivity contribution in [2.75, 3.05) is 6.54 Å². The second-order valence-corrected chi connectivity index (χ2v) is 5.28. The van der Waals surface area contributed by atoms with Gasteiger partial charge >= 0.3 is 0 Å². The highest BCUT2D eigenvalue weighted by atomic mass is 35.5. The van der Waals surface area contributed by atoms with Crippen molar-refractivity contribution in [1.82, 2.24) is 5.32 Å². The average molecular weight is 334 g/mol. The molecule has 0 aliphatic heterocycles. The van der Waals surface area contributed by atoms with Gasteiger partial charge in [0.1, 0.15) is 0 Å². The zero-order valence-corrected chi connectivity index (χ0v) is 12.6. The minimum Gasteiger partial charge on any atom is -0.307 e. The highest BCUT2D eigenvalue weighted by molar-refractivity contribution is 6.42. The maximum atomic E-state index is 13.4. The number of rotatable bonds is 4. The molecule has 0 bridgehead atoms. The van der Waals surface area contributed by atoms with Crippen LogP contribution in [0.3, 0.4) is 0 Å². The second-order valence-electron chi connectivity index (χ2n) is 4.46. The van der Waals surface area contributed by atoms with E-state index in [2.05, 4.69) is 5.32 Å². The Morgan fingerprint density at radius 1 is 0.952 bits per heavy atom. The van der Waals surface area contributed by atoms with Crippen LogP contribution in [0.2, 0.25) is 10.0 Å². The maximum absolute atomic E-state index is 13.4. The van der Waals surface area contributed by atoms with Crippen LogP contribution in [-0.2, 0) is 0 Å². The highest BCUT2D eigenvalue weighted by Gasteiger charge is 2.19. The van der Waals surface area contributed by atoms with Gasteiger partial charge in [0.25, 0.3) is 0 Å². The van der Waals surface area contributed by atoms with Gasteiger partial charge in [0.05, 0.1) is 16.1 Å². The van der Waals surface area contributed by atoms with Crippen LogP contribution in [0.1, 0.15) is 24.1 Å². The standard InChI is InChI=1S/C15H12Cl2F3N/c1-2-21-15(8-3-4-10(16)11(17)5-8)9-6-12(18)14(20)13(19)7-9/h3-7,15,21H,2H2,1H3. The van der Waals surface area contributed by atoms with E-state index >= 15 is 0 Å². The van der Waals surface area contributed by atoms with Crippen molar-refractivity contribution >= 4 is 23.2 Å². The minimum atomic E-state index is -1.48. The molecule has 0 radical (unpaired) electrons. The van der Waals surface area contributed by atoms with Gasteiger partial charge in [-0.1, -0.05) is 36.2 Å². The lowest BCUT2D eigenvalue weighted by Gasteiger charge is -2.20. The van der Waals surface area contributed by atoms with Crippen LogP contribution in [0.15, 0.2) is 30.3 Å². The SMILES string of the molecule is CCNC(c1cc(F)c(F)c(F)c1)c1ccc(Cl)c(Cl)c1. The van der Waals surface area contributed by atoms with E-state index in [0.717, 1.165) is 12.1 Å². The first-order chi connectivity index (χ1) is 9.93. The van der Waals surface area contributed by atoms with Crippen molar-refractivity contribution in [3.05, 3.63) is 69.0 Å². The van der Waals surface area contributed by atoms with E-state index in [1.54, 1.807) is 18.2 Å². The van der Waals surface area contributed by atoms with Crippen molar-refractivity contribution in [3.8, 4) is 0 Å². The minimum absolute atomic E-state index is 0.270. The molecule has 0 fully saturated rings. The van der Waals surface area contributed by atoms with Crippen LogP contribution in [0.25, 0.3) is 0 Å². The highest BCUT2D eigenvalue weighted by Crippen LogP contribution is 2.30. The van der Waals surface area contributed by atoms with Gasteiger partial charge in [-0.05, 0) is 41.9 Å². The van der Waals surface area contributed by atoms with Crippen LogP contribution in [-0.4, -0.2) is 6.54 Å². The topological polar surface area (TPSA) is 12.0 Å². The summed E-state index contributed by atoms with van der Waals surface area (Å²) in [7, 11) is 0. The van der Waals surface area contributed by atoms with E-state index in [1.165, 1.54) is 0 Å². The molecule has 0 aliphatic rings. The fraction of sp³-hybridized carbons (Fsp3) is 0.200. The summed E-state index contributed by atoms with van der Waals surface area (Å²) in [4.78, 5) is 0. The Morgan fingerprint density at radius 3 is 2.10 bits per heavy atom. The van der Waals surface area contributed by atoms with E-state index < -0.39 is 23.5 Å². The molecule has 1 unspecified atom stereocenters. The molecule has 6 heteroatoms. The van der Waals surface area contributed by atoms with Crippen molar-refractivity contribution in [2.45, 2.75) is 13.0 Å². The summed E-state index contributed by atoms with van der Waals surface area (Å²) in [6, 6.07) is 6.31. The molecule has 0 amide bonds. The van der Waals surface area contributed by atoms with E-state index in [0.29, 0.717) is 22.2 Å². The van der Waals surface area contributed by atoms with Crippen LogP contribution in [0, 0.1) is 17.5 Å². The molecule has 2 rings (SSSR count). The van der Waals surface area contributed by atoms with Gasteiger partial charge in [0, 0.05) is 0 Å². The Hall–Kier alpha value is -1.23. The molecule has 0 heterocycles. The normalized spacial score (nSPS) is 12.5. The van der Waals surface area contributed by atoms with Gasteiger partial charge in [0.15, 0.2) is 17.5 Å². The van der Waals surface area contributed by atoms with Crippen molar-refractivity contribution in [3.63, 3.8) is 0 Å². The van der Waals surface area contributed by atoms with Crippen LogP contribution in [0.4, 0.5) is 13.2 Å². The third-order valence-electron chi connectivity index (χ3n) is 3.02. The second kappa shape index (κ2) is 6.69. The monoisotopic (exact) mass is 333 g/mol. The first-order valence-corrected chi connectivity index (χ1v) is 7.02. The molecule has 2 aromatic carbocycles. The van der Waals surface area contributed by atoms with Crippen LogP contribution in [0.5, 0.6) is 0 Å². The van der Waals surface area contributed by atoms with Gasteiger partial charge in [-0.15, -0.1) is 0 Å². The van der Waals surface area contributed by atoms with Crippen LogP contribution < -0.4 is 5.32 Å². The Kier molecular flexibility index (Phi) is 5.14. The molecule has 112 valence electrons. The van der Waals surface area contributed by atoms with E-state index in [-0.39, 0.29) is 5.56 Å². The predicted molar refractivity (Wildman–Crippen MR) is 78.3 cm³/mol. The molecule has 1 nitrogen and oxygen atoms in total. The lowest BCUT2D eigenvalue weighted by Crippen LogP contribution is -2.22. The first kappa shape index (κ1) is 16.1. The zero-order chi connectivity index (χ0) is 15.6. The summed E-state index contributed by atoms with van der Waals surface area (Å²) in [5.74, 6) is -3.94. The van der Waals surface area contributed by atoms with Gasteiger partial charge < -0.3 is 5.32 Å². The van der Waals surface area contributed by atoms with E-state index in [4.69, 9.17) is 23.2 Å². The molecular formula is C15H12Cl2F3N. The fourth-order valence-corrected chi connectivity index (χ4v) is 2.37. The number of hydrogen-bond donors (Lipinski definition) is 1.